The highest BCUT2D eigenvalue weighted by Crippen LogP contribution is 2.37. The molecule has 4 rings (SSSR count). The number of fused-ring (bicyclic) bond motifs is 1. The molecule has 0 atom stereocenters. The number of allylic oxidation sites excluding steroid dienone is 1. The van der Waals surface area contributed by atoms with Gasteiger partial charge >= 0.3 is 0 Å². The third-order valence-electron chi connectivity index (χ3n) is 4.17. The number of para-hydroxylation sites is 1. The molecule has 0 fully saturated rings. The molecule has 2 N–H and O–H groups in total. The predicted octanol–water partition coefficient (Wildman–Crippen LogP) is 6.23. The maximum Gasteiger partial charge on any atom is 0.231 e. The molecule has 2 heterocycles. The summed E-state index contributed by atoms with van der Waals surface area (Å²) in [5, 5.41) is 14.2. The molecule has 26 heavy (non-hydrogen) atoms. The molecule has 1 aliphatic heterocycles. The molecule has 4 nitrogen and oxygen atoms in total. The van der Waals surface area contributed by atoms with Gasteiger partial charge in [0.2, 0.25) is 5.88 Å². The van der Waals surface area contributed by atoms with Crippen LogP contribution in [0, 0.1) is 13.8 Å². The number of thiazole rings is 1. The fourth-order valence-electron chi connectivity index (χ4n) is 2.91. The van der Waals surface area contributed by atoms with Crippen molar-refractivity contribution in [3.8, 4) is 5.88 Å². The third kappa shape index (κ3) is 3.18. The molecule has 0 amide bonds. The second-order valence-electron chi connectivity index (χ2n) is 6.13. The molecule has 1 aliphatic rings. The minimum Gasteiger partial charge on any atom is -0.492 e. The minimum atomic E-state index is 0.0216. The van der Waals surface area contributed by atoms with E-state index in [0.29, 0.717) is 10.0 Å². The van der Waals surface area contributed by atoms with Crippen molar-refractivity contribution in [1.82, 2.24) is 4.98 Å². The Morgan fingerprint density at radius 1 is 1.15 bits per heavy atom. The SMILES string of the molecule is Cc1cc(Nc2nc(O)c(C=C3C=Nc4ccccc43)s2)cc(C)c1Br. The first-order valence-corrected chi connectivity index (χ1v) is 9.71. The van der Waals surface area contributed by atoms with Gasteiger partial charge in [-0.3, -0.25) is 4.99 Å². The van der Waals surface area contributed by atoms with E-state index in [9.17, 15) is 5.11 Å². The lowest BCUT2D eigenvalue weighted by molar-refractivity contribution is 0.457. The van der Waals surface area contributed by atoms with Crippen LogP contribution in [0.4, 0.5) is 16.5 Å². The van der Waals surface area contributed by atoms with Crippen molar-refractivity contribution in [2.24, 2.45) is 4.99 Å². The van der Waals surface area contributed by atoms with Gasteiger partial charge in [0.25, 0.3) is 0 Å². The Labute approximate surface area is 164 Å². The molecular formula is C20H16BrN3OS. The first-order valence-electron chi connectivity index (χ1n) is 8.10. The molecule has 3 aromatic rings. The lowest BCUT2D eigenvalue weighted by Gasteiger charge is -2.08. The largest absolute Gasteiger partial charge is 0.492 e. The normalized spacial score (nSPS) is 14.0. The molecule has 1 aromatic heterocycles. The average Bonchev–Trinajstić information content (AvgIpc) is 3.17. The van der Waals surface area contributed by atoms with E-state index in [4.69, 9.17) is 0 Å². The van der Waals surface area contributed by atoms with Gasteiger partial charge < -0.3 is 10.4 Å². The molecule has 2 aromatic carbocycles. The van der Waals surface area contributed by atoms with Crippen LogP contribution in [-0.2, 0) is 0 Å². The Kier molecular flexibility index (Phi) is 4.38. The summed E-state index contributed by atoms with van der Waals surface area (Å²) >= 11 is 4.99. The number of aromatic nitrogens is 1. The molecule has 0 saturated heterocycles. The smallest absolute Gasteiger partial charge is 0.231 e. The van der Waals surface area contributed by atoms with Gasteiger partial charge in [-0.25, -0.2) is 0 Å². The van der Waals surface area contributed by atoms with E-state index in [1.54, 1.807) is 0 Å². The third-order valence-corrected chi connectivity index (χ3v) is 6.32. The van der Waals surface area contributed by atoms with Gasteiger partial charge in [0.1, 0.15) is 0 Å². The number of nitrogens with zero attached hydrogens (tertiary/aromatic N) is 2. The van der Waals surface area contributed by atoms with Gasteiger partial charge in [-0.15, -0.1) is 0 Å². The monoisotopic (exact) mass is 425 g/mol. The molecule has 0 radical (unpaired) electrons. The Hall–Kier alpha value is -2.44. The highest BCUT2D eigenvalue weighted by Gasteiger charge is 2.15. The van der Waals surface area contributed by atoms with Crippen molar-refractivity contribution in [2.45, 2.75) is 13.8 Å². The summed E-state index contributed by atoms with van der Waals surface area (Å²) < 4.78 is 1.11. The second-order valence-corrected chi connectivity index (χ2v) is 7.95. The summed E-state index contributed by atoms with van der Waals surface area (Å²) in [5.41, 5.74) is 6.23. The Morgan fingerprint density at radius 3 is 2.65 bits per heavy atom. The number of halogens is 1. The first-order chi connectivity index (χ1) is 12.5. The summed E-state index contributed by atoms with van der Waals surface area (Å²) in [7, 11) is 0. The van der Waals surface area contributed by atoms with Crippen LogP contribution in [-0.4, -0.2) is 16.3 Å². The van der Waals surface area contributed by atoms with Crippen molar-refractivity contribution < 1.29 is 5.11 Å². The number of hydrogen-bond donors (Lipinski definition) is 2. The van der Waals surface area contributed by atoms with Crippen molar-refractivity contribution >= 4 is 61.6 Å². The number of nitrogens with one attached hydrogen (secondary N) is 1. The van der Waals surface area contributed by atoms with Crippen LogP contribution in [0.3, 0.4) is 0 Å². The van der Waals surface area contributed by atoms with E-state index in [1.165, 1.54) is 11.3 Å². The number of aliphatic imine (C=N–C) groups is 1. The number of aryl methyl sites for hydroxylation is 2. The molecule has 0 spiro atoms. The summed E-state index contributed by atoms with van der Waals surface area (Å²) in [4.78, 5) is 9.35. The predicted molar refractivity (Wildman–Crippen MR) is 113 cm³/mol. The Morgan fingerprint density at radius 2 is 1.88 bits per heavy atom. The number of aromatic hydroxyl groups is 1. The van der Waals surface area contributed by atoms with Crippen LogP contribution in [0.5, 0.6) is 5.88 Å². The van der Waals surface area contributed by atoms with E-state index in [2.05, 4.69) is 31.2 Å². The van der Waals surface area contributed by atoms with E-state index in [1.807, 2.05) is 62.5 Å². The van der Waals surface area contributed by atoms with Gasteiger partial charge in [0.15, 0.2) is 5.13 Å². The van der Waals surface area contributed by atoms with Crippen LogP contribution in [0.2, 0.25) is 0 Å². The van der Waals surface area contributed by atoms with Crippen molar-refractivity contribution in [3.05, 3.63) is 62.4 Å². The molecular weight excluding hydrogens is 410 g/mol. The summed E-state index contributed by atoms with van der Waals surface area (Å²) in [6.07, 6.45) is 3.74. The van der Waals surface area contributed by atoms with Crippen molar-refractivity contribution in [1.29, 1.82) is 0 Å². The van der Waals surface area contributed by atoms with E-state index in [-0.39, 0.29) is 5.88 Å². The summed E-state index contributed by atoms with van der Waals surface area (Å²) in [6, 6.07) is 12.1. The van der Waals surface area contributed by atoms with Crippen LogP contribution in [0.15, 0.2) is 45.9 Å². The van der Waals surface area contributed by atoms with Crippen LogP contribution < -0.4 is 5.32 Å². The highest BCUT2D eigenvalue weighted by atomic mass is 79.9. The zero-order valence-corrected chi connectivity index (χ0v) is 16.6. The maximum absolute atomic E-state index is 10.2. The van der Waals surface area contributed by atoms with Gasteiger partial charge in [0, 0.05) is 27.5 Å². The van der Waals surface area contributed by atoms with Crippen LogP contribution in [0.1, 0.15) is 21.6 Å². The van der Waals surface area contributed by atoms with Gasteiger partial charge in [-0.2, -0.15) is 4.98 Å². The molecule has 0 aliphatic carbocycles. The lowest BCUT2D eigenvalue weighted by Crippen LogP contribution is -1.92. The average molecular weight is 426 g/mol. The maximum atomic E-state index is 10.2. The Bertz CT molecular complexity index is 1050. The number of hydrogen-bond acceptors (Lipinski definition) is 5. The zero-order chi connectivity index (χ0) is 18.3. The van der Waals surface area contributed by atoms with Crippen molar-refractivity contribution in [3.63, 3.8) is 0 Å². The fraction of sp³-hybridized carbons (Fsp3) is 0.100. The molecule has 130 valence electrons. The molecule has 6 heteroatoms. The highest BCUT2D eigenvalue weighted by molar-refractivity contribution is 9.10. The number of rotatable bonds is 3. The van der Waals surface area contributed by atoms with Gasteiger partial charge in [-0.05, 0) is 49.2 Å². The van der Waals surface area contributed by atoms with Gasteiger partial charge in [-0.1, -0.05) is 45.5 Å². The van der Waals surface area contributed by atoms with E-state index >= 15 is 0 Å². The van der Waals surface area contributed by atoms with Gasteiger partial charge in [0.05, 0.1) is 10.6 Å². The molecule has 0 bridgehead atoms. The second kappa shape index (κ2) is 6.70. The lowest BCUT2D eigenvalue weighted by atomic mass is 10.1. The van der Waals surface area contributed by atoms with E-state index in [0.717, 1.165) is 38.1 Å². The zero-order valence-electron chi connectivity index (χ0n) is 14.2. The molecule has 0 saturated carbocycles. The Balaban J connectivity index is 1.63. The summed E-state index contributed by atoms with van der Waals surface area (Å²) in [6.45, 7) is 4.10. The topological polar surface area (TPSA) is 57.5 Å². The van der Waals surface area contributed by atoms with Crippen molar-refractivity contribution in [2.75, 3.05) is 5.32 Å². The molecule has 0 unspecified atom stereocenters. The van der Waals surface area contributed by atoms with Crippen LogP contribution >= 0.6 is 27.3 Å². The van der Waals surface area contributed by atoms with E-state index < -0.39 is 0 Å². The summed E-state index contributed by atoms with van der Waals surface area (Å²) in [5.74, 6) is 0.0216. The number of anilines is 2. The fourth-order valence-corrected chi connectivity index (χ4v) is 3.97. The minimum absolute atomic E-state index is 0.0216. The van der Waals surface area contributed by atoms with Crippen LogP contribution in [0.25, 0.3) is 11.6 Å². The standard InChI is InChI=1S/C20H16BrN3OS/c1-11-7-14(8-12(2)18(11)21)23-20-24-19(25)17(26-20)9-13-10-22-16-6-4-3-5-15(13)16/h3-10,25H,1-2H3,(H,23,24). The first kappa shape index (κ1) is 17.0. The number of benzene rings is 2. The quantitative estimate of drug-likeness (QED) is 0.522.